The number of hydrogen-bond acceptors (Lipinski definition) is 4. The minimum absolute atomic E-state index is 0.357. The van der Waals surface area contributed by atoms with E-state index in [0.29, 0.717) is 18.7 Å². The lowest BCUT2D eigenvalue weighted by Crippen LogP contribution is -2.55. The molecule has 3 atom stereocenters. The quantitative estimate of drug-likeness (QED) is 0.652. The highest BCUT2D eigenvalue weighted by Gasteiger charge is 2.22. The molecule has 0 bridgehead atoms. The van der Waals surface area contributed by atoms with Gasteiger partial charge in [-0.2, -0.15) is 0 Å². The average Bonchev–Trinajstić information content (AvgIpc) is 2.23. The molecule has 0 aromatic heterocycles. The molecule has 4 heteroatoms. The van der Waals surface area contributed by atoms with Gasteiger partial charge in [-0.25, -0.2) is 0 Å². The summed E-state index contributed by atoms with van der Waals surface area (Å²) in [6.07, 6.45) is 1.86. The predicted octanol–water partition coefficient (Wildman–Crippen LogP) is 0.846. The Balaban J connectivity index is 2.14. The molecule has 1 heterocycles. The van der Waals surface area contributed by atoms with Gasteiger partial charge in [0.1, 0.15) is 0 Å². The normalized spacial score (nSPS) is 28.2. The lowest BCUT2D eigenvalue weighted by atomic mass is 10.1. The van der Waals surface area contributed by atoms with Crippen molar-refractivity contribution in [2.75, 3.05) is 32.8 Å². The molecule has 0 radical (unpaired) electrons. The minimum Gasteiger partial charge on any atom is -0.389 e. The van der Waals surface area contributed by atoms with E-state index in [1.54, 1.807) is 0 Å². The molecule has 0 amide bonds. The summed E-state index contributed by atoms with van der Waals surface area (Å²) >= 11 is 0. The van der Waals surface area contributed by atoms with Gasteiger partial charge in [0.25, 0.3) is 0 Å². The van der Waals surface area contributed by atoms with Crippen molar-refractivity contribution in [3.63, 3.8) is 0 Å². The molecule has 2 N–H and O–H groups in total. The predicted molar refractivity (Wildman–Crippen MR) is 70.2 cm³/mol. The van der Waals surface area contributed by atoms with E-state index in [0.717, 1.165) is 39.1 Å². The number of piperazine rings is 1. The lowest BCUT2D eigenvalue weighted by molar-refractivity contribution is 0.00859. The Morgan fingerprint density at radius 1 is 1.35 bits per heavy atom. The van der Waals surface area contributed by atoms with E-state index < -0.39 is 0 Å². The first-order valence-electron chi connectivity index (χ1n) is 6.86. The average molecular weight is 244 g/mol. The van der Waals surface area contributed by atoms with Crippen molar-refractivity contribution in [2.24, 2.45) is 0 Å². The van der Waals surface area contributed by atoms with Gasteiger partial charge in [0.05, 0.1) is 12.7 Å². The molecule has 0 aromatic rings. The fraction of sp³-hybridized carbons (Fsp3) is 1.00. The Hall–Kier alpha value is -0.160. The SMILES string of the molecule is CCCCOCC(O)CN1CC(C)NC(C)C1. The third kappa shape index (κ3) is 6.36. The van der Waals surface area contributed by atoms with Crippen LogP contribution in [0, 0.1) is 0 Å². The van der Waals surface area contributed by atoms with Crippen LogP contribution in [0.4, 0.5) is 0 Å². The van der Waals surface area contributed by atoms with E-state index in [1.165, 1.54) is 0 Å². The fourth-order valence-electron chi connectivity index (χ4n) is 2.41. The zero-order valence-electron chi connectivity index (χ0n) is 11.5. The third-order valence-corrected chi connectivity index (χ3v) is 3.05. The maximum Gasteiger partial charge on any atom is 0.0900 e. The summed E-state index contributed by atoms with van der Waals surface area (Å²) in [6, 6.07) is 1.01. The molecule has 0 aliphatic carbocycles. The van der Waals surface area contributed by atoms with Crippen LogP contribution in [-0.2, 0) is 4.74 Å². The summed E-state index contributed by atoms with van der Waals surface area (Å²) in [6.45, 7) is 10.5. The molecule has 1 aliphatic rings. The molecule has 1 rings (SSSR count). The fourth-order valence-corrected chi connectivity index (χ4v) is 2.41. The van der Waals surface area contributed by atoms with Gasteiger partial charge in [-0.3, -0.25) is 4.90 Å². The highest BCUT2D eigenvalue weighted by molar-refractivity contribution is 4.81. The first kappa shape index (κ1) is 14.9. The van der Waals surface area contributed by atoms with E-state index in [9.17, 15) is 5.11 Å². The number of nitrogens with zero attached hydrogens (tertiary/aromatic N) is 1. The van der Waals surface area contributed by atoms with Crippen LogP contribution in [0.15, 0.2) is 0 Å². The topological polar surface area (TPSA) is 44.7 Å². The van der Waals surface area contributed by atoms with Crippen LogP contribution in [0.1, 0.15) is 33.6 Å². The molecule has 0 spiro atoms. The summed E-state index contributed by atoms with van der Waals surface area (Å²) < 4.78 is 5.44. The smallest absolute Gasteiger partial charge is 0.0900 e. The Morgan fingerprint density at radius 2 is 2.00 bits per heavy atom. The molecule has 4 nitrogen and oxygen atoms in total. The molecule has 1 aliphatic heterocycles. The highest BCUT2D eigenvalue weighted by Crippen LogP contribution is 2.05. The molecule has 1 fully saturated rings. The standard InChI is InChI=1S/C13H28N2O2/c1-4-5-6-17-10-13(16)9-15-7-11(2)14-12(3)8-15/h11-14,16H,4-10H2,1-3H3. The second-order valence-corrected chi connectivity index (χ2v) is 5.27. The molecule has 17 heavy (non-hydrogen) atoms. The number of nitrogens with one attached hydrogen (secondary N) is 1. The van der Waals surface area contributed by atoms with Crippen LogP contribution in [-0.4, -0.2) is 61.0 Å². The molecule has 0 saturated carbocycles. The zero-order valence-corrected chi connectivity index (χ0v) is 11.5. The van der Waals surface area contributed by atoms with Gasteiger partial charge in [0.15, 0.2) is 0 Å². The number of rotatable bonds is 7. The van der Waals surface area contributed by atoms with E-state index in [1.807, 2.05) is 0 Å². The Labute approximate surface area is 105 Å². The van der Waals surface area contributed by atoms with Crippen LogP contribution < -0.4 is 5.32 Å². The van der Waals surface area contributed by atoms with Gasteiger partial charge in [-0.05, 0) is 20.3 Å². The van der Waals surface area contributed by atoms with E-state index in [4.69, 9.17) is 4.74 Å². The summed E-state index contributed by atoms with van der Waals surface area (Å²) in [4.78, 5) is 2.32. The van der Waals surface area contributed by atoms with Crippen molar-refractivity contribution in [1.29, 1.82) is 0 Å². The van der Waals surface area contributed by atoms with Crippen molar-refractivity contribution in [3.8, 4) is 0 Å². The van der Waals surface area contributed by atoms with Gasteiger partial charge < -0.3 is 15.2 Å². The Morgan fingerprint density at radius 3 is 2.59 bits per heavy atom. The Bertz CT molecular complexity index is 192. The largest absolute Gasteiger partial charge is 0.389 e. The van der Waals surface area contributed by atoms with Crippen LogP contribution in [0.3, 0.4) is 0 Å². The lowest BCUT2D eigenvalue weighted by Gasteiger charge is -2.37. The number of ether oxygens (including phenoxy) is 1. The van der Waals surface area contributed by atoms with E-state index in [-0.39, 0.29) is 6.10 Å². The van der Waals surface area contributed by atoms with Gasteiger partial charge in [-0.15, -0.1) is 0 Å². The second kappa shape index (κ2) is 8.03. The van der Waals surface area contributed by atoms with Crippen molar-refractivity contribution >= 4 is 0 Å². The number of aliphatic hydroxyl groups excluding tert-OH is 1. The highest BCUT2D eigenvalue weighted by atomic mass is 16.5. The van der Waals surface area contributed by atoms with E-state index >= 15 is 0 Å². The van der Waals surface area contributed by atoms with Crippen molar-refractivity contribution < 1.29 is 9.84 Å². The number of hydrogen-bond donors (Lipinski definition) is 2. The molecule has 3 unspecified atom stereocenters. The van der Waals surface area contributed by atoms with Gasteiger partial charge in [-0.1, -0.05) is 13.3 Å². The summed E-state index contributed by atoms with van der Waals surface area (Å²) in [5.41, 5.74) is 0. The van der Waals surface area contributed by atoms with Crippen LogP contribution >= 0.6 is 0 Å². The number of aliphatic hydroxyl groups is 1. The maximum absolute atomic E-state index is 9.89. The minimum atomic E-state index is -0.357. The number of β-amino-alcohol motifs (C(OH)–C–C–N with tert-alkyl or cyclic N) is 1. The zero-order chi connectivity index (χ0) is 12.7. The molecule has 1 saturated heterocycles. The maximum atomic E-state index is 9.89. The van der Waals surface area contributed by atoms with Crippen LogP contribution in [0.5, 0.6) is 0 Å². The third-order valence-electron chi connectivity index (χ3n) is 3.05. The van der Waals surface area contributed by atoms with Crippen LogP contribution in [0.2, 0.25) is 0 Å². The van der Waals surface area contributed by atoms with Gasteiger partial charge in [0.2, 0.25) is 0 Å². The summed E-state index contributed by atoms with van der Waals surface area (Å²) in [5, 5.41) is 13.4. The molecular formula is C13H28N2O2. The first-order valence-corrected chi connectivity index (χ1v) is 6.86. The van der Waals surface area contributed by atoms with Crippen LogP contribution in [0.25, 0.3) is 0 Å². The van der Waals surface area contributed by atoms with Crippen molar-refractivity contribution in [2.45, 2.75) is 51.8 Å². The number of unbranched alkanes of at least 4 members (excludes halogenated alkanes) is 1. The summed E-state index contributed by atoms with van der Waals surface area (Å²) in [5.74, 6) is 0. The summed E-state index contributed by atoms with van der Waals surface area (Å²) in [7, 11) is 0. The second-order valence-electron chi connectivity index (χ2n) is 5.27. The molecular weight excluding hydrogens is 216 g/mol. The first-order chi connectivity index (χ1) is 8.11. The van der Waals surface area contributed by atoms with E-state index in [2.05, 4.69) is 31.0 Å². The van der Waals surface area contributed by atoms with Gasteiger partial charge in [0, 0.05) is 38.3 Å². The monoisotopic (exact) mass is 244 g/mol. The Kier molecular flexibility index (Phi) is 7.04. The van der Waals surface area contributed by atoms with Gasteiger partial charge >= 0.3 is 0 Å². The molecule has 102 valence electrons. The molecule has 0 aromatic carbocycles. The van der Waals surface area contributed by atoms with Crippen molar-refractivity contribution in [3.05, 3.63) is 0 Å². The van der Waals surface area contributed by atoms with Crippen molar-refractivity contribution in [1.82, 2.24) is 10.2 Å².